The molecule has 0 saturated carbocycles. The van der Waals surface area contributed by atoms with Crippen molar-refractivity contribution in [3.63, 3.8) is 0 Å². The van der Waals surface area contributed by atoms with Crippen molar-refractivity contribution in [2.24, 2.45) is 0 Å². The van der Waals surface area contributed by atoms with E-state index in [0.29, 0.717) is 17.2 Å². The number of rotatable bonds is 7. The molecule has 3 amide bonds. The molecule has 8 nitrogen and oxygen atoms in total. The van der Waals surface area contributed by atoms with Gasteiger partial charge >= 0.3 is 0 Å². The van der Waals surface area contributed by atoms with E-state index in [9.17, 15) is 19.5 Å². The number of nitrogens with one attached hydrogen (secondary N) is 2. The number of thioether (sulfide) groups is 1. The third kappa shape index (κ3) is 6.79. The molecule has 1 aromatic heterocycles. The van der Waals surface area contributed by atoms with Crippen molar-refractivity contribution in [2.75, 3.05) is 11.6 Å². The fraction of sp³-hybridized carbons (Fsp3) is 0.417. The number of amides is 3. The zero-order valence-electron chi connectivity index (χ0n) is 19.0. The van der Waals surface area contributed by atoms with Crippen LogP contribution in [0.15, 0.2) is 54.9 Å². The van der Waals surface area contributed by atoms with Crippen molar-refractivity contribution in [3.05, 3.63) is 66.0 Å². The minimum atomic E-state index is -1.52. The zero-order valence-corrected chi connectivity index (χ0v) is 19.8. The first-order valence-electron chi connectivity index (χ1n) is 10.8. The Balaban J connectivity index is 1.79. The van der Waals surface area contributed by atoms with Crippen LogP contribution in [0.4, 0.5) is 0 Å². The summed E-state index contributed by atoms with van der Waals surface area (Å²) in [5.41, 5.74) is 0.749. The molecule has 0 spiro atoms. The molecular weight excluding hydrogens is 440 g/mol. The number of aliphatic hydroxyl groups excluding tert-OH is 1. The van der Waals surface area contributed by atoms with Crippen LogP contribution >= 0.6 is 11.8 Å². The number of aromatic nitrogens is 1. The van der Waals surface area contributed by atoms with E-state index in [0.717, 1.165) is 5.56 Å². The van der Waals surface area contributed by atoms with E-state index in [4.69, 9.17) is 0 Å². The molecule has 9 heteroatoms. The minimum absolute atomic E-state index is 0.250. The van der Waals surface area contributed by atoms with Gasteiger partial charge in [0, 0.05) is 23.7 Å². The van der Waals surface area contributed by atoms with Gasteiger partial charge in [0.1, 0.15) is 6.04 Å². The normalized spacial score (nSPS) is 17.8. The van der Waals surface area contributed by atoms with Gasteiger partial charge < -0.3 is 20.6 Å². The number of pyridine rings is 1. The quantitative estimate of drug-likeness (QED) is 0.567. The molecule has 3 rings (SSSR count). The molecule has 2 heterocycles. The standard InChI is InChI=1S/C24H30N4O4S/c1-24(2,3)27-22(31)19-14-33-15-28(19)23(32)20(29)18(12-16-8-5-4-6-9-16)26-21(30)17-10-7-11-25-13-17/h4-11,13,18-20,29H,12,14-15H2,1-3H3,(H,26,30)(H,27,31)/t18-,19-,20-/m0/s1. The lowest BCUT2D eigenvalue weighted by Gasteiger charge is -2.31. The van der Waals surface area contributed by atoms with E-state index in [1.54, 1.807) is 18.3 Å². The fourth-order valence-electron chi connectivity index (χ4n) is 3.53. The molecule has 3 N–H and O–H groups in total. The number of carbonyl (C=O) groups is 3. The predicted octanol–water partition coefficient (Wildman–Crippen LogP) is 1.60. The van der Waals surface area contributed by atoms with Crippen LogP contribution in [0, 0.1) is 0 Å². The molecule has 0 unspecified atom stereocenters. The largest absolute Gasteiger partial charge is 0.381 e. The van der Waals surface area contributed by atoms with Crippen LogP contribution in [0.25, 0.3) is 0 Å². The molecule has 1 aliphatic rings. The molecule has 176 valence electrons. The summed E-state index contributed by atoms with van der Waals surface area (Å²) in [6.07, 6.45) is 1.71. The van der Waals surface area contributed by atoms with Crippen molar-refractivity contribution < 1.29 is 19.5 Å². The lowest BCUT2D eigenvalue weighted by Crippen LogP contribution is -2.57. The van der Waals surface area contributed by atoms with E-state index in [1.807, 2.05) is 51.1 Å². The van der Waals surface area contributed by atoms with Gasteiger partial charge in [-0.15, -0.1) is 11.8 Å². The molecule has 0 radical (unpaired) electrons. The van der Waals surface area contributed by atoms with Crippen LogP contribution in [0.5, 0.6) is 0 Å². The first kappa shape index (κ1) is 24.7. The van der Waals surface area contributed by atoms with Crippen molar-refractivity contribution in [3.8, 4) is 0 Å². The monoisotopic (exact) mass is 470 g/mol. The number of carbonyl (C=O) groups excluding carboxylic acids is 3. The van der Waals surface area contributed by atoms with E-state index >= 15 is 0 Å². The lowest BCUT2D eigenvalue weighted by atomic mass is 9.99. The van der Waals surface area contributed by atoms with Gasteiger partial charge in [0.15, 0.2) is 6.10 Å². The Morgan fingerprint density at radius 2 is 1.91 bits per heavy atom. The first-order valence-corrected chi connectivity index (χ1v) is 11.9. The highest BCUT2D eigenvalue weighted by molar-refractivity contribution is 7.99. The number of nitrogens with zero attached hydrogens (tertiary/aromatic N) is 2. The summed E-state index contributed by atoms with van der Waals surface area (Å²) >= 11 is 1.45. The maximum absolute atomic E-state index is 13.3. The third-order valence-corrected chi connectivity index (χ3v) is 6.15. The highest BCUT2D eigenvalue weighted by atomic mass is 32.2. The molecule has 1 aromatic carbocycles. The number of hydrogen-bond acceptors (Lipinski definition) is 6. The molecule has 3 atom stereocenters. The second-order valence-electron chi connectivity index (χ2n) is 9.02. The van der Waals surface area contributed by atoms with Gasteiger partial charge in [-0.05, 0) is 44.9 Å². The third-order valence-electron chi connectivity index (χ3n) is 5.14. The Morgan fingerprint density at radius 1 is 1.18 bits per heavy atom. The second kappa shape index (κ2) is 10.8. The Bertz CT molecular complexity index is 965. The molecular formula is C24H30N4O4S. The second-order valence-corrected chi connectivity index (χ2v) is 10.0. The maximum Gasteiger partial charge on any atom is 0.254 e. The Morgan fingerprint density at radius 3 is 2.55 bits per heavy atom. The summed E-state index contributed by atoms with van der Waals surface area (Å²) in [4.78, 5) is 44.2. The summed E-state index contributed by atoms with van der Waals surface area (Å²) in [5, 5.41) is 16.8. The minimum Gasteiger partial charge on any atom is -0.381 e. The number of hydrogen-bond donors (Lipinski definition) is 3. The van der Waals surface area contributed by atoms with Gasteiger partial charge in [-0.25, -0.2) is 0 Å². The van der Waals surface area contributed by atoms with Gasteiger partial charge in [0.2, 0.25) is 5.91 Å². The fourth-order valence-corrected chi connectivity index (χ4v) is 4.69. The van der Waals surface area contributed by atoms with Gasteiger partial charge in [0.25, 0.3) is 11.8 Å². The van der Waals surface area contributed by atoms with E-state index in [-0.39, 0.29) is 12.3 Å². The Kier molecular flexibility index (Phi) is 8.10. The predicted molar refractivity (Wildman–Crippen MR) is 127 cm³/mol. The highest BCUT2D eigenvalue weighted by Gasteiger charge is 2.40. The molecule has 1 aliphatic heterocycles. The summed E-state index contributed by atoms with van der Waals surface area (Å²) in [6.45, 7) is 5.62. The smallest absolute Gasteiger partial charge is 0.254 e. The molecule has 1 fully saturated rings. The van der Waals surface area contributed by atoms with Crippen molar-refractivity contribution in [1.82, 2.24) is 20.5 Å². The zero-order chi connectivity index (χ0) is 24.0. The van der Waals surface area contributed by atoms with Crippen LogP contribution in [-0.4, -0.2) is 68.1 Å². The average Bonchev–Trinajstić information content (AvgIpc) is 3.28. The number of aliphatic hydroxyl groups is 1. The maximum atomic E-state index is 13.3. The average molecular weight is 471 g/mol. The van der Waals surface area contributed by atoms with Crippen molar-refractivity contribution >= 4 is 29.5 Å². The van der Waals surface area contributed by atoms with Crippen molar-refractivity contribution in [2.45, 2.75) is 50.9 Å². The first-order chi connectivity index (χ1) is 15.7. The molecule has 33 heavy (non-hydrogen) atoms. The lowest BCUT2D eigenvalue weighted by molar-refractivity contribution is -0.146. The van der Waals surface area contributed by atoms with Crippen LogP contribution < -0.4 is 10.6 Å². The molecule has 1 saturated heterocycles. The molecule has 2 aromatic rings. The molecule has 0 bridgehead atoms. The van der Waals surface area contributed by atoms with Crippen molar-refractivity contribution in [1.29, 1.82) is 0 Å². The summed E-state index contributed by atoms with van der Waals surface area (Å²) in [7, 11) is 0. The highest BCUT2D eigenvalue weighted by Crippen LogP contribution is 2.24. The van der Waals surface area contributed by atoms with E-state index in [1.165, 1.54) is 22.9 Å². The van der Waals surface area contributed by atoms with Gasteiger partial charge in [-0.1, -0.05) is 30.3 Å². The number of benzene rings is 1. The van der Waals surface area contributed by atoms with Gasteiger partial charge in [-0.2, -0.15) is 0 Å². The van der Waals surface area contributed by atoms with Crippen LogP contribution in [0.1, 0.15) is 36.7 Å². The Labute approximate surface area is 198 Å². The van der Waals surface area contributed by atoms with E-state index < -0.39 is 35.5 Å². The Hall–Kier alpha value is -2.91. The van der Waals surface area contributed by atoms with Crippen LogP contribution in [0.3, 0.4) is 0 Å². The SMILES string of the molecule is CC(C)(C)NC(=O)[C@@H]1CSCN1C(=O)[C@@H](O)[C@H](Cc1ccccc1)NC(=O)c1cccnc1. The van der Waals surface area contributed by atoms with Crippen LogP contribution in [0.2, 0.25) is 0 Å². The topological polar surface area (TPSA) is 112 Å². The van der Waals surface area contributed by atoms with E-state index in [2.05, 4.69) is 15.6 Å². The van der Waals surface area contributed by atoms with Gasteiger partial charge in [0.05, 0.1) is 17.5 Å². The molecule has 0 aliphatic carbocycles. The summed E-state index contributed by atoms with van der Waals surface area (Å²) in [5.74, 6) is -0.527. The van der Waals surface area contributed by atoms with Crippen LogP contribution in [-0.2, 0) is 16.0 Å². The summed E-state index contributed by atoms with van der Waals surface area (Å²) < 4.78 is 0. The summed E-state index contributed by atoms with van der Waals surface area (Å²) in [6, 6.07) is 11.0. The van der Waals surface area contributed by atoms with Gasteiger partial charge in [-0.3, -0.25) is 19.4 Å².